The maximum Gasteiger partial charge on any atom is 0.419 e. The molecule has 0 aliphatic carbocycles. The first-order valence-electron chi connectivity index (χ1n) is 5.60. The van der Waals surface area contributed by atoms with Crippen molar-refractivity contribution in [3.63, 3.8) is 0 Å². The van der Waals surface area contributed by atoms with E-state index in [9.17, 15) is 18.0 Å². The number of aromatic carboxylic acids is 1. The van der Waals surface area contributed by atoms with Crippen LogP contribution in [-0.4, -0.2) is 11.1 Å². The molecule has 0 saturated carbocycles. The third kappa shape index (κ3) is 2.45. The Bertz CT molecular complexity index is 651. The van der Waals surface area contributed by atoms with Gasteiger partial charge in [0.25, 0.3) is 0 Å². The molecule has 0 bridgehead atoms. The number of alkyl halides is 3. The van der Waals surface area contributed by atoms with E-state index in [0.717, 1.165) is 6.07 Å². The van der Waals surface area contributed by atoms with Crippen LogP contribution in [0.5, 0.6) is 0 Å². The topological polar surface area (TPSA) is 63.3 Å². The highest BCUT2D eigenvalue weighted by atomic mass is 19.4. The van der Waals surface area contributed by atoms with Gasteiger partial charge in [0, 0.05) is 5.56 Å². The molecular weight excluding hydrogens is 271 g/mol. The summed E-state index contributed by atoms with van der Waals surface area (Å²) in [5, 5.41) is 8.86. The standard InChI is InChI=1S/C14H10F3NO2/c15-14(16,17)11-10(13(19)20)7-6-9(12(11)18)8-4-2-1-3-5-8/h1-7H,18H2,(H,19,20). The monoisotopic (exact) mass is 281 g/mol. The molecule has 2 aromatic rings. The van der Waals surface area contributed by atoms with Gasteiger partial charge >= 0.3 is 12.1 Å². The SMILES string of the molecule is Nc1c(-c2ccccc2)ccc(C(=O)O)c1C(F)(F)F. The van der Waals surface area contributed by atoms with Gasteiger partial charge in [0.2, 0.25) is 0 Å². The number of nitrogens with two attached hydrogens (primary N) is 1. The lowest BCUT2D eigenvalue weighted by molar-refractivity contribution is -0.137. The van der Waals surface area contributed by atoms with Crippen LogP contribution in [0.25, 0.3) is 11.1 Å². The number of carbonyl (C=O) groups is 1. The van der Waals surface area contributed by atoms with Crippen molar-refractivity contribution >= 4 is 11.7 Å². The highest BCUT2D eigenvalue weighted by Gasteiger charge is 2.38. The van der Waals surface area contributed by atoms with Crippen molar-refractivity contribution in [2.24, 2.45) is 0 Å². The fraction of sp³-hybridized carbons (Fsp3) is 0.0714. The molecule has 0 saturated heterocycles. The van der Waals surface area contributed by atoms with Gasteiger partial charge in [0.05, 0.1) is 16.8 Å². The minimum absolute atomic E-state index is 0.155. The zero-order valence-electron chi connectivity index (χ0n) is 10.1. The van der Waals surface area contributed by atoms with Crippen LogP contribution in [0.15, 0.2) is 42.5 Å². The Morgan fingerprint density at radius 1 is 1.05 bits per heavy atom. The zero-order chi connectivity index (χ0) is 14.9. The van der Waals surface area contributed by atoms with Crippen LogP contribution in [0.4, 0.5) is 18.9 Å². The van der Waals surface area contributed by atoms with Crippen molar-refractivity contribution < 1.29 is 23.1 Å². The normalized spacial score (nSPS) is 11.3. The summed E-state index contributed by atoms with van der Waals surface area (Å²) >= 11 is 0. The van der Waals surface area contributed by atoms with Crippen molar-refractivity contribution in [2.75, 3.05) is 5.73 Å². The van der Waals surface area contributed by atoms with Gasteiger partial charge in [-0.2, -0.15) is 13.2 Å². The minimum atomic E-state index is -4.83. The largest absolute Gasteiger partial charge is 0.478 e. The molecule has 0 aromatic heterocycles. The molecular formula is C14H10F3NO2. The van der Waals surface area contributed by atoms with Gasteiger partial charge in [-0.05, 0) is 11.6 Å². The van der Waals surface area contributed by atoms with Crippen LogP contribution in [-0.2, 0) is 6.18 Å². The highest BCUT2D eigenvalue weighted by molar-refractivity contribution is 5.94. The summed E-state index contributed by atoms with van der Waals surface area (Å²) in [7, 11) is 0. The van der Waals surface area contributed by atoms with Crippen molar-refractivity contribution in [1.82, 2.24) is 0 Å². The van der Waals surface area contributed by atoms with Crippen molar-refractivity contribution in [1.29, 1.82) is 0 Å². The van der Waals surface area contributed by atoms with E-state index in [-0.39, 0.29) is 5.56 Å². The fourth-order valence-corrected chi connectivity index (χ4v) is 1.97. The maximum absolute atomic E-state index is 13.0. The molecule has 20 heavy (non-hydrogen) atoms. The van der Waals surface area contributed by atoms with Gasteiger partial charge < -0.3 is 10.8 Å². The number of nitrogen functional groups attached to an aromatic ring is 1. The molecule has 0 aliphatic heterocycles. The molecule has 2 rings (SSSR count). The van der Waals surface area contributed by atoms with Crippen LogP contribution in [0, 0.1) is 0 Å². The van der Waals surface area contributed by atoms with Crippen molar-refractivity contribution in [3.05, 3.63) is 53.6 Å². The predicted octanol–water partition coefficient (Wildman–Crippen LogP) is 3.65. The third-order valence-electron chi connectivity index (χ3n) is 2.84. The van der Waals surface area contributed by atoms with Gasteiger partial charge in [-0.3, -0.25) is 0 Å². The average molecular weight is 281 g/mol. The number of hydrogen-bond acceptors (Lipinski definition) is 2. The molecule has 0 unspecified atom stereocenters. The van der Waals surface area contributed by atoms with E-state index >= 15 is 0 Å². The Morgan fingerprint density at radius 3 is 2.15 bits per heavy atom. The molecule has 6 heteroatoms. The lowest BCUT2D eigenvalue weighted by Crippen LogP contribution is -2.16. The summed E-state index contributed by atoms with van der Waals surface area (Å²) < 4.78 is 39.1. The second-order valence-electron chi connectivity index (χ2n) is 4.12. The summed E-state index contributed by atoms with van der Waals surface area (Å²) in [6.07, 6.45) is -4.83. The Morgan fingerprint density at radius 2 is 1.65 bits per heavy atom. The van der Waals surface area contributed by atoms with Gasteiger partial charge in [-0.1, -0.05) is 36.4 Å². The van der Waals surface area contributed by atoms with Crippen molar-refractivity contribution in [2.45, 2.75) is 6.18 Å². The van der Waals surface area contributed by atoms with Gasteiger partial charge in [-0.15, -0.1) is 0 Å². The van der Waals surface area contributed by atoms with E-state index in [2.05, 4.69) is 0 Å². The Labute approximate surface area is 112 Å². The van der Waals surface area contributed by atoms with E-state index in [1.165, 1.54) is 6.07 Å². The summed E-state index contributed by atoms with van der Waals surface area (Å²) in [5.74, 6) is -1.66. The number of halogens is 3. The molecule has 0 atom stereocenters. The van der Waals surface area contributed by atoms with Gasteiger partial charge in [0.1, 0.15) is 0 Å². The first-order valence-corrected chi connectivity index (χ1v) is 5.60. The molecule has 0 heterocycles. The number of hydrogen-bond donors (Lipinski definition) is 2. The Hall–Kier alpha value is -2.50. The summed E-state index contributed by atoms with van der Waals surface area (Å²) in [4.78, 5) is 10.9. The molecule has 104 valence electrons. The molecule has 3 nitrogen and oxygen atoms in total. The van der Waals surface area contributed by atoms with E-state index in [0.29, 0.717) is 5.56 Å². The predicted molar refractivity (Wildman–Crippen MR) is 68.3 cm³/mol. The zero-order valence-corrected chi connectivity index (χ0v) is 10.1. The Kier molecular flexibility index (Phi) is 3.40. The first kappa shape index (κ1) is 13.9. The van der Waals surface area contributed by atoms with Crippen LogP contribution in [0.1, 0.15) is 15.9 Å². The second-order valence-corrected chi connectivity index (χ2v) is 4.12. The van der Waals surface area contributed by atoms with E-state index < -0.39 is 29.0 Å². The van der Waals surface area contributed by atoms with Crippen LogP contribution < -0.4 is 5.73 Å². The lowest BCUT2D eigenvalue weighted by atomic mass is 9.96. The number of carboxylic acid groups (broad SMARTS) is 1. The molecule has 0 radical (unpaired) electrons. The summed E-state index contributed by atoms with van der Waals surface area (Å²) in [6.45, 7) is 0. The van der Waals surface area contributed by atoms with E-state index in [1.54, 1.807) is 30.3 Å². The molecule has 0 aliphatic rings. The minimum Gasteiger partial charge on any atom is -0.478 e. The van der Waals surface area contributed by atoms with E-state index in [1.807, 2.05) is 0 Å². The third-order valence-corrected chi connectivity index (χ3v) is 2.84. The molecule has 0 amide bonds. The number of anilines is 1. The van der Waals surface area contributed by atoms with Crippen LogP contribution >= 0.6 is 0 Å². The quantitative estimate of drug-likeness (QED) is 0.826. The van der Waals surface area contributed by atoms with E-state index in [4.69, 9.17) is 10.8 Å². The molecule has 0 spiro atoms. The molecule has 0 fully saturated rings. The fourth-order valence-electron chi connectivity index (χ4n) is 1.97. The first-order chi connectivity index (χ1) is 9.32. The Balaban J connectivity index is 2.74. The smallest absolute Gasteiger partial charge is 0.419 e. The van der Waals surface area contributed by atoms with Gasteiger partial charge in [-0.25, -0.2) is 4.79 Å². The second kappa shape index (κ2) is 4.88. The molecule has 2 aromatic carbocycles. The van der Waals surface area contributed by atoms with Crippen LogP contribution in [0.3, 0.4) is 0 Å². The van der Waals surface area contributed by atoms with Gasteiger partial charge in [0.15, 0.2) is 0 Å². The number of carboxylic acids is 1. The van der Waals surface area contributed by atoms with Crippen molar-refractivity contribution in [3.8, 4) is 11.1 Å². The lowest BCUT2D eigenvalue weighted by Gasteiger charge is -2.16. The van der Waals surface area contributed by atoms with Crippen LogP contribution in [0.2, 0.25) is 0 Å². The summed E-state index contributed by atoms with van der Waals surface area (Å²) in [6, 6.07) is 10.4. The number of rotatable bonds is 2. The maximum atomic E-state index is 13.0. The highest BCUT2D eigenvalue weighted by Crippen LogP contribution is 2.40. The number of benzene rings is 2. The summed E-state index contributed by atoms with van der Waals surface area (Å²) in [5.41, 5.74) is 3.46. The average Bonchev–Trinajstić information content (AvgIpc) is 2.37. The molecule has 3 N–H and O–H groups in total.